The minimum Gasteiger partial charge on any atom is -0.326 e. The van der Waals surface area contributed by atoms with Crippen molar-refractivity contribution in [2.24, 2.45) is 0 Å². The lowest BCUT2D eigenvalue weighted by atomic mass is 10.0. The zero-order chi connectivity index (χ0) is 14.1. The van der Waals surface area contributed by atoms with E-state index >= 15 is 0 Å². The molecule has 0 bridgehead atoms. The number of hydrogen-bond acceptors (Lipinski definition) is 3. The number of aryl methyl sites for hydroxylation is 1. The molecule has 0 amide bonds. The molecule has 1 saturated heterocycles. The molecule has 3 heteroatoms. The van der Waals surface area contributed by atoms with Gasteiger partial charge in [0.05, 0.1) is 0 Å². The summed E-state index contributed by atoms with van der Waals surface area (Å²) in [5.74, 6) is 1.09. The summed E-state index contributed by atoms with van der Waals surface area (Å²) in [4.78, 5) is 7.00. The number of nitrogens with zero attached hydrogens (tertiary/aromatic N) is 2. The highest BCUT2D eigenvalue weighted by molar-refractivity contribution is 5.65. The molecule has 21 heavy (non-hydrogen) atoms. The molecule has 1 N–H and O–H groups in total. The monoisotopic (exact) mass is 279 g/mol. The molecule has 0 aliphatic carbocycles. The van der Waals surface area contributed by atoms with E-state index in [1.165, 1.54) is 42.5 Å². The highest BCUT2D eigenvalue weighted by Crippen LogP contribution is 2.33. The van der Waals surface area contributed by atoms with Crippen LogP contribution in [0.25, 0.3) is 0 Å². The molecule has 108 valence electrons. The third kappa shape index (κ3) is 2.42. The number of nitrogens with one attached hydrogen (secondary N) is 1. The van der Waals surface area contributed by atoms with Crippen molar-refractivity contribution in [1.29, 1.82) is 0 Å². The van der Waals surface area contributed by atoms with E-state index in [2.05, 4.69) is 51.6 Å². The van der Waals surface area contributed by atoms with Crippen molar-refractivity contribution in [3.05, 3.63) is 53.7 Å². The molecular weight excluding hydrogens is 258 g/mol. The molecule has 1 aromatic carbocycles. The fourth-order valence-corrected chi connectivity index (χ4v) is 3.54. The van der Waals surface area contributed by atoms with Crippen molar-refractivity contribution in [2.45, 2.75) is 31.7 Å². The van der Waals surface area contributed by atoms with Gasteiger partial charge in [-0.15, -0.1) is 0 Å². The second-order valence-corrected chi connectivity index (χ2v) is 5.98. The van der Waals surface area contributed by atoms with Gasteiger partial charge < -0.3 is 10.2 Å². The van der Waals surface area contributed by atoms with E-state index in [9.17, 15) is 0 Å². The third-order valence-corrected chi connectivity index (χ3v) is 4.62. The molecule has 3 nitrogen and oxygen atoms in total. The molecule has 2 aromatic rings. The summed E-state index contributed by atoms with van der Waals surface area (Å²) < 4.78 is 0. The predicted octanol–water partition coefficient (Wildman–Crippen LogP) is 3.59. The lowest BCUT2D eigenvalue weighted by Gasteiger charge is -2.30. The van der Waals surface area contributed by atoms with Gasteiger partial charge in [0.1, 0.15) is 5.82 Å². The molecule has 2 aliphatic rings. The zero-order valence-electron chi connectivity index (χ0n) is 12.3. The van der Waals surface area contributed by atoms with E-state index in [0.29, 0.717) is 6.04 Å². The molecule has 1 unspecified atom stereocenters. The number of rotatable bonds is 2. The quantitative estimate of drug-likeness (QED) is 0.910. The van der Waals surface area contributed by atoms with Crippen molar-refractivity contribution in [3.63, 3.8) is 0 Å². The maximum absolute atomic E-state index is 4.63. The fraction of sp³-hybridized carbons (Fsp3) is 0.389. The smallest absolute Gasteiger partial charge is 0.133 e. The molecule has 1 aromatic heterocycles. The number of hydrogen-bond donors (Lipinski definition) is 1. The van der Waals surface area contributed by atoms with Gasteiger partial charge in [0.2, 0.25) is 0 Å². The second kappa shape index (κ2) is 5.49. The van der Waals surface area contributed by atoms with E-state index in [-0.39, 0.29) is 0 Å². The molecular formula is C18H21N3. The van der Waals surface area contributed by atoms with Crippen LogP contribution in [0.5, 0.6) is 0 Å². The van der Waals surface area contributed by atoms with Gasteiger partial charge >= 0.3 is 0 Å². The Balaban J connectivity index is 1.69. The molecule has 0 spiro atoms. The number of benzene rings is 1. The van der Waals surface area contributed by atoms with E-state index in [0.717, 1.165) is 18.9 Å². The number of para-hydroxylation sites is 1. The summed E-state index contributed by atoms with van der Waals surface area (Å²) in [5, 5.41) is 3.58. The zero-order valence-corrected chi connectivity index (χ0v) is 12.3. The van der Waals surface area contributed by atoms with Gasteiger partial charge in [-0.2, -0.15) is 0 Å². The average molecular weight is 279 g/mol. The number of aromatic nitrogens is 1. The van der Waals surface area contributed by atoms with Gasteiger partial charge in [0.25, 0.3) is 0 Å². The Kier molecular flexibility index (Phi) is 3.36. The van der Waals surface area contributed by atoms with Crippen LogP contribution >= 0.6 is 0 Å². The summed E-state index contributed by atoms with van der Waals surface area (Å²) >= 11 is 0. The average Bonchev–Trinajstić information content (AvgIpc) is 3.09. The third-order valence-electron chi connectivity index (χ3n) is 4.62. The summed E-state index contributed by atoms with van der Waals surface area (Å²) in [7, 11) is 0. The van der Waals surface area contributed by atoms with Crippen molar-refractivity contribution >= 4 is 11.5 Å². The van der Waals surface area contributed by atoms with Gasteiger partial charge in [-0.3, -0.25) is 0 Å². The molecule has 3 heterocycles. The van der Waals surface area contributed by atoms with E-state index in [1.807, 2.05) is 6.20 Å². The van der Waals surface area contributed by atoms with Crippen LogP contribution in [0, 0.1) is 0 Å². The van der Waals surface area contributed by atoms with E-state index < -0.39 is 0 Å². The van der Waals surface area contributed by atoms with Crippen LogP contribution in [0.15, 0.2) is 42.6 Å². The van der Waals surface area contributed by atoms with Crippen LogP contribution in [0.3, 0.4) is 0 Å². The van der Waals surface area contributed by atoms with Gasteiger partial charge in [-0.25, -0.2) is 4.98 Å². The van der Waals surface area contributed by atoms with Crippen LogP contribution in [-0.2, 0) is 6.42 Å². The molecule has 4 rings (SSSR count). The summed E-state index contributed by atoms with van der Waals surface area (Å²) in [6.45, 7) is 2.19. The van der Waals surface area contributed by atoms with Gasteiger partial charge in [0, 0.05) is 24.5 Å². The van der Waals surface area contributed by atoms with E-state index in [4.69, 9.17) is 0 Å². The number of pyridine rings is 1. The van der Waals surface area contributed by atoms with Crippen LogP contribution in [0.4, 0.5) is 11.5 Å². The molecule has 0 radical (unpaired) electrons. The molecule has 1 fully saturated rings. The van der Waals surface area contributed by atoms with Crippen molar-refractivity contribution < 1.29 is 0 Å². The Labute approximate surface area is 126 Å². The molecule has 2 aliphatic heterocycles. The van der Waals surface area contributed by atoms with Crippen LogP contribution in [0.1, 0.15) is 36.4 Å². The van der Waals surface area contributed by atoms with E-state index in [1.54, 1.807) is 0 Å². The van der Waals surface area contributed by atoms with Crippen LogP contribution < -0.4 is 10.2 Å². The standard InChI is InChI=1S/C18H21N3/c1-2-8-17-14(5-1)6-4-12-21(17)18-13-15(9-11-20-18)16-7-3-10-19-16/h1-2,5,8-9,11,13,16,19H,3-4,6-7,10,12H2. The summed E-state index contributed by atoms with van der Waals surface area (Å²) in [6.07, 6.45) is 6.85. The topological polar surface area (TPSA) is 28.2 Å². The number of fused-ring (bicyclic) bond motifs is 1. The Hall–Kier alpha value is -1.87. The Bertz CT molecular complexity index is 632. The van der Waals surface area contributed by atoms with Crippen molar-refractivity contribution in [3.8, 4) is 0 Å². The van der Waals surface area contributed by atoms with Gasteiger partial charge in [0.15, 0.2) is 0 Å². The van der Waals surface area contributed by atoms with Gasteiger partial charge in [-0.1, -0.05) is 18.2 Å². The Morgan fingerprint density at radius 3 is 3.00 bits per heavy atom. The maximum atomic E-state index is 4.63. The number of anilines is 2. The minimum atomic E-state index is 0.506. The molecule has 0 saturated carbocycles. The second-order valence-electron chi connectivity index (χ2n) is 5.98. The highest BCUT2D eigenvalue weighted by Gasteiger charge is 2.21. The lowest BCUT2D eigenvalue weighted by Crippen LogP contribution is -2.25. The lowest BCUT2D eigenvalue weighted by molar-refractivity contribution is 0.646. The largest absolute Gasteiger partial charge is 0.326 e. The SMILES string of the molecule is c1ccc2c(c1)CCCN2c1cc(C2CCCN2)ccn1. The first-order valence-corrected chi connectivity index (χ1v) is 7.96. The first-order chi connectivity index (χ1) is 10.4. The van der Waals surface area contributed by atoms with Crippen LogP contribution in [-0.4, -0.2) is 18.1 Å². The van der Waals surface area contributed by atoms with Gasteiger partial charge in [-0.05, 0) is 61.6 Å². The predicted molar refractivity (Wildman–Crippen MR) is 86.0 cm³/mol. The Morgan fingerprint density at radius 1 is 1.14 bits per heavy atom. The minimum absolute atomic E-state index is 0.506. The first kappa shape index (κ1) is 12.8. The van der Waals surface area contributed by atoms with Crippen molar-refractivity contribution in [2.75, 3.05) is 18.0 Å². The van der Waals surface area contributed by atoms with Crippen molar-refractivity contribution in [1.82, 2.24) is 10.3 Å². The highest BCUT2D eigenvalue weighted by atomic mass is 15.2. The Morgan fingerprint density at radius 2 is 2.10 bits per heavy atom. The van der Waals surface area contributed by atoms with Crippen LogP contribution in [0.2, 0.25) is 0 Å². The summed E-state index contributed by atoms with van der Waals surface area (Å²) in [5.41, 5.74) is 4.14. The normalized spacial score (nSPS) is 21.3. The first-order valence-electron chi connectivity index (χ1n) is 7.96. The fourth-order valence-electron chi connectivity index (χ4n) is 3.54. The maximum Gasteiger partial charge on any atom is 0.133 e. The molecule has 1 atom stereocenters. The summed E-state index contributed by atoms with van der Waals surface area (Å²) in [6, 6.07) is 13.6.